The lowest BCUT2D eigenvalue weighted by molar-refractivity contribution is -0.141. The molecular formula is C44H38F6N4O2. The van der Waals surface area contributed by atoms with Crippen molar-refractivity contribution < 1.29 is 35.9 Å². The summed E-state index contributed by atoms with van der Waals surface area (Å²) in [6.07, 6.45) is -6.79. The van der Waals surface area contributed by atoms with Gasteiger partial charge in [-0.15, -0.1) is 0 Å². The highest BCUT2D eigenvalue weighted by Crippen LogP contribution is 2.51. The van der Waals surface area contributed by atoms with E-state index in [2.05, 4.69) is 10.6 Å². The molecule has 0 saturated carbocycles. The van der Waals surface area contributed by atoms with Gasteiger partial charge in [0.15, 0.2) is 0 Å². The number of nitrogens with one attached hydrogen (secondary N) is 2. The molecule has 0 spiro atoms. The lowest BCUT2D eigenvalue weighted by atomic mass is 9.73. The average Bonchev–Trinajstić information content (AvgIpc) is 3.65. The van der Waals surface area contributed by atoms with Gasteiger partial charge in [0.25, 0.3) is 5.91 Å². The second-order valence-corrected chi connectivity index (χ2v) is 14.1. The SMILES string of the molecule is Cc1ccc2c(nc(C)n2CCCCCC2(C(=O)NCC(F)(F)F)c3ccccc3-c3ccccc32)c1NC(=O)c1ccccc1-c1ccc(C(F)(F)F)cc1. The molecule has 7 rings (SSSR count). The van der Waals surface area contributed by atoms with Crippen LogP contribution in [0, 0.1) is 13.8 Å². The number of hydrogen-bond acceptors (Lipinski definition) is 3. The normalized spacial score (nSPS) is 13.4. The number of amides is 2. The molecule has 0 aliphatic heterocycles. The molecule has 6 aromatic rings. The number of benzene rings is 5. The lowest BCUT2D eigenvalue weighted by Crippen LogP contribution is -2.47. The number of imidazole rings is 1. The Bertz CT molecular complexity index is 2390. The smallest absolute Gasteiger partial charge is 0.346 e. The van der Waals surface area contributed by atoms with Crippen molar-refractivity contribution in [2.24, 2.45) is 0 Å². The molecule has 6 nitrogen and oxygen atoms in total. The minimum atomic E-state index is -4.55. The van der Waals surface area contributed by atoms with E-state index in [9.17, 15) is 35.9 Å². The zero-order chi connectivity index (χ0) is 39.8. The highest BCUT2D eigenvalue weighted by atomic mass is 19.4. The van der Waals surface area contributed by atoms with E-state index in [0.717, 1.165) is 34.3 Å². The zero-order valence-corrected chi connectivity index (χ0v) is 30.6. The fourth-order valence-corrected chi connectivity index (χ4v) is 7.92. The van der Waals surface area contributed by atoms with Crippen molar-refractivity contribution in [1.82, 2.24) is 14.9 Å². The molecular weight excluding hydrogens is 730 g/mol. The number of unbranched alkanes of at least 4 members (excludes halogenated alkanes) is 2. The molecule has 1 aromatic heterocycles. The highest BCUT2D eigenvalue weighted by molar-refractivity contribution is 6.12. The first-order chi connectivity index (χ1) is 26.7. The average molecular weight is 769 g/mol. The molecule has 288 valence electrons. The van der Waals surface area contributed by atoms with Gasteiger partial charge >= 0.3 is 12.4 Å². The molecule has 0 unspecified atom stereocenters. The van der Waals surface area contributed by atoms with Crippen LogP contribution < -0.4 is 10.6 Å². The minimum Gasteiger partial charge on any atom is -0.346 e. The van der Waals surface area contributed by atoms with Gasteiger partial charge in [-0.3, -0.25) is 9.59 Å². The molecule has 0 radical (unpaired) electrons. The van der Waals surface area contributed by atoms with E-state index in [1.54, 1.807) is 36.4 Å². The van der Waals surface area contributed by atoms with Crippen LogP contribution in [0.25, 0.3) is 33.3 Å². The molecule has 0 bridgehead atoms. The van der Waals surface area contributed by atoms with E-state index in [0.29, 0.717) is 71.5 Å². The first-order valence-corrected chi connectivity index (χ1v) is 18.3. The number of hydrogen-bond donors (Lipinski definition) is 2. The number of halogens is 6. The standard InChI is InChI=1S/C44H38F6N4O2/c1-27-18-23-37-39(38(27)53-40(55)34-15-5-4-12-31(34)29-19-21-30(22-20-29)44(48,49)50)52-28(2)54(37)25-11-3-10-24-42(41(56)51-26-43(45,46)47)35-16-8-6-13-32(35)33-14-7-9-17-36(33)42/h4-9,12-23H,3,10-11,24-26H2,1-2H3,(H,51,56)(H,53,55). The summed E-state index contributed by atoms with van der Waals surface area (Å²) >= 11 is 0. The van der Waals surface area contributed by atoms with Crippen LogP contribution in [-0.2, 0) is 22.9 Å². The summed E-state index contributed by atoms with van der Waals surface area (Å²) < 4.78 is 81.5. The molecule has 1 heterocycles. The summed E-state index contributed by atoms with van der Waals surface area (Å²) in [7, 11) is 0. The number of aromatic nitrogens is 2. The van der Waals surface area contributed by atoms with E-state index >= 15 is 0 Å². The topological polar surface area (TPSA) is 76.0 Å². The number of aryl methyl sites for hydroxylation is 3. The predicted molar refractivity (Wildman–Crippen MR) is 204 cm³/mol. The van der Waals surface area contributed by atoms with Gasteiger partial charge in [0, 0.05) is 12.1 Å². The number of carbonyl (C=O) groups excluding carboxylic acids is 2. The maximum atomic E-state index is 13.9. The van der Waals surface area contributed by atoms with E-state index in [-0.39, 0.29) is 5.56 Å². The van der Waals surface area contributed by atoms with Gasteiger partial charge in [0.05, 0.1) is 16.8 Å². The second kappa shape index (κ2) is 15.0. The van der Waals surface area contributed by atoms with Crippen LogP contribution in [-0.4, -0.2) is 34.1 Å². The third-order valence-electron chi connectivity index (χ3n) is 10.6. The highest BCUT2D eigenvalue weighted by Gasteiger charge is 2.49. The Kier molecular flexibility index (Phi) is 10.3. The van der Waals surface area contributed by atoms with Crippen LogP contribution in [0.5, 0.6) is 0 Å². The van der Waals surface area contributed by atoms with Crippen LogP contribution in [0.3, 0.4) is 0 Å². The molecule has 5 aromatic carbocycles. The summed E-state index contributed by atoms with van der Waals surface area (Å²) in [6.45, 7) is 2.87. The Hall–Kier alpha value is -5.91. The lowest BCUT2D eigenvalue weighted by Gasteiger charge is -2.31. The fraction of sp³-hybridized carbons (Fsp3) is 0.250. The summed E-state index contributed by atoms with van der Waals surface area (Å²) in [5.41, 5.74) is 4.93. The van der Waals surface area contributed by atoms with Crippen molar-refractivity contribution >= 4 is 28.5 Å². The van der Waals surface area contributed by atoms with Gasteiger partial charge in [-0.1, -0.05) is 97.8 Å². The van der Waals surface area contributed by atoms with Crippen LogP contribution in [0.15, 0.2) is 109 Å². The van der Waals surface area contributed by atoms with Crippen molar-refractivity contribution in [1.29, 1.82) is 0 Å². The first kappa shape index (κ1) is 38.4. The summed E-state index contributed by atoms with van der Waals surface area (Å²) in [5, 5.41) is 5.20. The molecule has 0 fully saturated rings. The van der Waals surface area contributed by atoms with Crippen LogP contribution >= 0.6 is 0 Å². The third-order valence-corrected chi connectivity index (χ3v) is 10.6. The van der Waals surface area contributed by atoms with Gasteiger partial charge in [-0.2, -0.15) is 26.3 Å². The summed E-state index contributed by atoms with van der Waals surface area (Å²) in [6, 6.07) is 30.0. The maximum absolute atomic E-state index is 13.9. The van der Waals surface area contributed by atoms with E-state index in [4.69, 9.17) is 4.98 Å². The molecule has 1 aliphatic carbocycles. The Morgan fingerprint density at radius 3 is 1.95 bits per heavy atom. The number of fused-ring (bicyclic) bond motifs is 4. The van der Waals surface area contributed by atoms with Crippen LogP contribution in [0.2, 0.25) is 0 Å². The Morgan fingerprint density at radius 1 is 0.714 bits per heavy atom. The summed E-state index contributed by atoms with van der Waals surface area (Å²) in [5.74, 6) is -0.393. The molecule has 12 heteroatoms. The third kappa shape index (κ3) is 7.27. The van der Waals surface area contributed by atoms with E-state index < -0.39 is 41.7 Å². The minimum absolute atomic E-state index is 0.289. The number of nitrogens with zero attached hydrogens (tertiary/aromatic N) is 2. The molecule has 1 aliphatic rings. The zero-order valence-electron chi connectivity index (χ0n) is 30.6. The maximum Gasteiger partial charge on any atom is 0.416 e. The Morgan fingerprint density at radius 2 is 1.32 bits per heavy atom. The van der Waals surface area contributed by atoms with E-state index in [1.807, 2.05) is 66.9 Å². The number of rotatable bonds is 11. The van der Waals surface area contributed by atoms with Crippen LogP contribution in [0.4, 0.5) is 32.0 Å². The summed E-state index contributed by atoms with van der Waals surface area (Å²) in [4.78, 5) is 32.5. The van der Waals surface area contributed by atoms with Crippen LogP contribution in [0.1, 0.15) is 64.1 Å². The number of anilines is 1. The molecule has 56 heavy (non-hydrogen) atoms. The Labute approximate surface area is 319 Å². The quantitative estimate of drug-likeness (QED) is 0.102. The molecule has 0 atom stereocenters. The van der Waals surface area contributed by atoms with Gasteiger partial charge in [-0.25, -0.2) is 4.98 Å². The largest absolute Gasteiger partial charge is 0.416 e. The van der Waals surface area contributed by atoms with Gasteiger partial charge < -0.3 is 15.2 Å². The van der Waals surface area contributed by atoms with Crippen molar-refractivity contribution in [3.05, 3.63) is 143 Å². The monoisotopic (exact) mass is 768 g/mol. The molecule has 2 N–H and O–H groups in total. The second-order valence-electron chi connectivity index (χ2n) is 14.1. The Balaban J connectivity index is 1.08. The van der Waals surface area contributed by atoms with Crippen molar-refractivity contribution in [2.75, 3.05) is 11.9 Å². The van der Waals surface area contributed by atoms with Crippen molar-refractivity contribution in [3.8, 4) is 22.3 Å². The first-order valence-electron chi connectivity index (χ1n) is 18.3. The predicted octanol–water partition coefficient (Wildman–Crippen LogP) is 10.8. The fourth-order valence-electron chi connectivity index (χ4n) is 7.92. The van der Waals surface area contributed by atoms with Crippen molar-refractivity contribution in [2.45, 2.75) is 63.8 Å². The van der Waals surface area contributed by atoms with Crippen molar-refractivity contribution in [3.63, 3.8) is 0 Å². The van der Waals surface area contributed by atoms with Gasteiger partial charge in [-0.05, 0) is 89.9 Å². The van der Waals surface area contributed by atoms with E-state index in [1.165, 1.54) is 12.1 Å². The number of carbonyl (C=O) groups is 2. The molecule has 2 amide bonds. The van der Waals surface area contributed by atoms with Gasteiger partial charge in [0.1, 0.15) is 23.3 Å². The number of alkyl halides is 6. The van der Waals surface area contributed by atoms with Gasteiger partial charge in [0.2, 0.25) is 5.91 Å². The molecule has 0 saturated heterocycles.